The summed E-state index contributed by atoms with van der Waals surface area (Å²) in [5, 5.41) is 0. The van der Waals surface area contributed by atoms with Crippen molar-refractivity contribution >= 4 is 11.8 Å². The molecule has 0 radical (unpaired) electrons. The summed E-state index contributed by atoms with van der Waals surface area (Å²) in [5.41, 5.74) is 1.43. The minimum absolute atomic E-state index is 0.0610. The fourth-order valence-corrected chi connectivity index (χ4v) is 3.60. The van der Waals surface area contributed by atoms with E-state index >= 15 is 0 Å². The molecule has 1 aromatic carbocycles. The van der Waals surface area contributed by atoms with E-state index in [1.807, 2.05) is 6.08 Å². The number of allylic oxidation sites excluding steroid dienone is 2. The standard InChI is InChI=1S/C18H20O5/c1-10(19)23-18-16(22-3)7-6-14-15(20)9-11-8-12(21-2)4-5-13(11)17(14)18/h6-8,11,13H,4-5,9H2,1-3H3. The molecule has 2 aliphatic rings. The summed E-state index contributed by atoms with van der Waals surface area (Å²) in [5.74, 6) is 1.62. The van der Waals surface area contributed by atoms with Crippen molar-refractivity contribution in [2.24, 2.45) is 5.92 Å². The van der Waals surface area contributed by atoms with E-state index in [2.05, 4.69) is 0 Å². The maximum absolute atomic E-state index is 12.5. The fourth-order valence-electron chi connectivity index (χ4n) is 3.60. The summed E-state index contributed by atoms with van der Waals surface area (Å²) in [6.07, 6.45) is 4.15. The zero-order chi connectivity index (χ0) is 16.6. The van der Waals surface area contributed by atoms with Crippen LogP contribution in [0.2, 0.25) is 0 Å². The number of benzene rings is 1. The van der Waals surface area contributed by atoms with Gasteiger partial charge in [-0.3, -0.25) is 9.59 Å². The Morgan fingerprint density at radius 3 is 2.65 bits per heavy atom. The van der Waals surface area contributed by atoms with Crippen LogP contribution in [-0.4, -0.2) is 26.0 Å². The molecule has 0 saturated carbocycles. The number of fused-ring (bicyclic) bond motifs is 3. The van der Waals surface area contributed by atoms with E-state index in [1.54, 1.807) is 19.2 Å². The van der Waals surface area contributed by atoms with Gasteiger partial charge in [0.15, 0.2) is 17.3 Å². The van der Waals surface area contributed by atoms with Gasteiger partial charge in [-0.2, -0.15) is 0 Å². The van der Waals surface area contributed by atoms with E-state index in [0.717, 1.165) is 24.2 Å². The smallest absolute Gasteiger partial charge is 0.308 e. The first kappa shape index (κ1) is 15.6. The monoisotopic (exact) mass is 316 g/mol. The lowest BCUT2D eigenvalue weighted by Crippen LogP contribution is -2.28. The van der Waals surface area contributed by atoms with Crippen molar-refractivity contribution in [2.45, 2.75) is 32.1 Å². The van der Waals surface area contributed by atoms with E-state index in [9.17, 15) is 9.59 Å². The molecule has 0 heterocycles. The van der Waals surface area contributed by atoms with Crippen LogP contribution in [0.15, 0.2) is 24.0 Å². The number of methoxy groups -OCH3 is 2. The van der Waals surface area contributed by atoms with Crippen LogP contribution in [0.3, 0.4) is 0 Å². The molecule has 5 heteroatoms. The molecule has 0 bridgehead atoms. The summed E-state index contributed by atoms with van der Waals surface area (Å²) in [7, 11) is 3.18. The van der Waals surface area contributed by atoms with Gasteiger partial charge in [-0.15, -0.1) is 0 Å². The van der Waals surface area contributed by atoms with E-state index in [-0.39, 0.29) is 17.6 Å². The number of rotatable bonds is 3. The third-order valence-electron chi connectivity index (χ3n) is 4.60. The van der Waals surface area contributed by atoms with E-state index in [0.29, 0.717) is 23.5 Å². The highest BCUT2D eigenvalue weighted by molar-refractivity contribution is 6.00. The molecule has 0 aromatic heterocycles. The van der Waals surface area contributed by atoms with E-state index < -0.39 is 5.97 Å². The predicted octanol–water partition coefficient (Wildman–Crippen LogP) is 3.23. The lowest BCUT2D eigenvalue weighted by atomic mass is 9.69. The van der Waals surface area contributed by atoms with Crippen molar-refractivity contribution in [3.63, 3.8) is 0 Å². The molecule has 5 nitrogen and oxygen atoms in total. The number of hydrogen-bond acceptors (Lipinski definition) is 5. The minimum Gasteiger partial charge on any atom is -0.501 e. The Balaban J connectivity index is 2.15. The molecule has 2 aliphatic carbocycles. The minimum atomic E-state index is -0.421. The van der Waals surface area contributed by atoms with Crippen molar-refractivity contribution in [2.75, 3.05) is 14.2 Å². The maximum Gasteiger partial charge on any atom is 0.308 e. The number of ether oxygens (including phenoxy) is 3. The second-order valence-corrected chi connectivity index (χ2v) is 5.93. The summed E-state index contributed by atoms with van der Waals surface area (Å²) in [6, 6.07) is 3.46. The number of Topliss-reactive ketones (excluding diaryl/α,β-unsaturated/α-hetero) is 1. The summed E-state index contributed by atoms with van der Waals surface area (Å²) in [4.78, 5) is 24.0. The normalized spacial score (nSPS) is 22.6. The Hall–Kier alpha value is -2.30. The second kappa shape index (κ2) is 6.07. The summed E-state index contributed by atoms with van der Waals surface area (Å²) in [6.45, 7) is 1.35. The average molecular weight is 316 g/mol. The summed E-state index contributed by atoms with van der Waals surface area (Å²) < 4.78 is 16.1. The number of hydrogen-bond donors (Lipinski definition) is 0. The zero-order valence-corrected chi connectivity index (χ0v) is 13.5. The first-order valence-electron chi connectivity index (χ1n) is 7.72. The molecule has 0 fully saturated rings. The van der Waals surface area contributed by atoms with Crippen molar-refractivity contribution < 1.29 is 23.8 Å². The molecule has 2 unspecified atom stereocenters. The van der Waals surface area contributed by atoms with Gasteiger partial charge in [-0.1, -0.05) is 0 Å². The van der Waals surface area contributed by atoms with Crippen LogP contribution in [0, 0.1) is 5.92 Å². The van der Waals surface area contributed by atoms with Gasteiger partial charge >= 0.3 is 5.97 Å². The molecule has 0 N–H and O–H groups in total. The van der Waals surface area contributed by atoms with Gasteiger partial charge in [-0.05, 0) is 36.5 Å². The van der Waals surface area contributed by atoms with Gasteiger partial charge in [0.25, 0.3) is 0 Å². The number of ketones is 1. The third kappa shape index (κ3) is 2.71. The maximum atomic E-state index is 12.5. The van der Waals surface area contributed by atoms with E-state index in [1.165, 1.54) is 14.0 Å². The highest BCUT2D eigenvalue weighted by atomic mass is 16.6. The Labute approximate surface area is 135 Å². The highest BCUT2D eigenvalue weighted by Gasteiger charge is 2.39. The number of esters is 1. The largest absolute Gasteiger partial charge is 0.501 e. The molecule has 0 saturated heterocycles. The molecular formula is C18H20O5. The lowest BCUT2D eigenvalue weighted by Gasteiger charge is -2.35. The molecule has 1 aromatic rings. The fraction of sp³-hybridized carbons (Fsp3) is 0.444. The molecule has 0 amide bonds. The first-order valence-corrected chi connectivity index (χ1v) is 7.72. The van der Waals surface area contributed by atoms with Crippen LogP contribution in [0.4, 0.5) is 0 Å². The Bertz CT molecular complexity index is 689. The van der Waals surface area contributed by atoms with Crippen LogP contribution >= 0.6 is 0 Å². The number of carbonyl (C=O) groups excluding carboxylic acids is 2. The highest BCUT2D eigenvalue weighted by Crippen LogP contribution is 2.50. The number of carbonyl (C=O) groups is 2. The van der Waals surface area contributed by atoms with Crippen LogP contribution in [0.1, 0.15) is 48.0 Å². The van der Waals surface area contributed by atoms with Gasteiger partial charge in [0.1, 0.15) is 0 Å². The van der Waals surface area contributed by atoms with Gasteiger partial charge in [0.2, 0.25) is 0 Å². The lowest BCUT2D eigenvalue weighted by molar-refractivity contribution is -0.132. The van der Waals surface area contributed by atoms with Crippen LogP contribution in [0.5, 0.6) is 11.5 Å². The zero-order valence-electron chi connectivity index (χ0n) is 13.5. The van der Waals surface area contributed by atoms with E-state index in [4.69, 9.17) is 14.2 Å². The Kier molecular flexibility index (Phi) is 4.11. The Morgan fingerprint density at radius 2 is 2.00 bits per heavy atom. The molecule has 2 atom stereocenters. The Morgan fingerprint density at radius 1 is 1.22 bits per heavy atom. The van der Waals surface area contributed by atoms with Gasteiger partial charge < -0.3 is 14.2 Å². The van der Waals surface area contributed by atoms with Crippen LogP contribution < -0.4 is 9.47 Å². The quantitative estimate of drug-likeness (QED) is 0.633. The van der Waals surface area contributed by atoms with Gasteiger partial charge in [0.05, 0.1) is 20.0 Å². The van der Waals surface area contributed by atoms with Crippen molar-refractivity contribution in [1.29, 1.82) is 0 Å². The molecular weight excluding hydrogens is 296 g/mol. The molecule has 122 valence electrons. The topological polar surface area (TPSA) is 61.8 Å². The third-order valence-corrected chi connectivity index (χ3v) is 4.60. The summed E-state index contributed by atoms with van der Waals surface area (Å²) >= 11 is 0. The van der Waals surface area contributed by atoms with Crippen molar-refractivity contribution in [3.05, 3.63) is 35.1 Å². The van der Waals surface area contributed by atoms with Crippen molar-refractivity contribution in [1.82, 2.24) is 0 Å². The van der Waals surface area contributed by atoms with Crippen molar-refractivity contribution in [3.8, 4) is 11.5 Å². The average Bonchev–Trinajstić information content (AvgIpc) is 2.54. The van der Waals surface area contributed by atoms with Crippen LogP contribution in [-0.2, 0) is 9.53 Å². The molecule has 0 aliphatic heterocycles. The first-order chi connectivity index (χ1) is 11.0. The molecule has 3 rings (SSSR count). The second-order valence-electron chi connectivity index (χ2n) is 5.93. The van der Waals surface area contributed by atoms with Gasteiger partial charge in [-0.25, -0.2) is 0 Å². The van der Waals surface area contributed by atoms with Gasteiger partial charge in [0, 0.05) is 30.9 Å². The predicted molar refractivity (Wildman–Crippen MR) is 83.8 cm³/mol. The van der Waals surface area contributed by atoms with Crippen LogP contribution in [0.25, 0.3) is 0 Å². The molecule has 0 spiro atoms. The molecule has 23 heavy (non-hydrogen) atoms. The SMILES string of the molecule is COC1=CC2CC(=O)c3ccc(OC)c(OC(C)=O)c3C2CC1.